The molecule has 0 atom stereocenters. The third-order valence-corrected chi connectivity index (χ3v) is 2.43. The molecule has 3 heteroatoms. The predicted molar refractivity (Wildman–Crippen MR) is 68.7 cm³/mol. The standard InChI is InChI=1S/C14H15NO2/c1-10-4-3-5-12(8-10)17-14-7-6-11(16-2)9-13(14)15/h3-9H,15H2,1-2H3. The molecule has 88 valence electrons. The number of nitrogen functional groups attached to an aromatic ring is 1. The summed E-state index contributed by atoms with van der Waals surface area (Å²) in [6.45, 7) is 2.02. The summed E-state index contributed by atoms with van der Waals surface area (Å²) in [5.74, 6) is 2.14. The molecule has 2 aromatic carbocycles. The number of hydrogen-bond donors (Lipinski definition) is 1. The minimum Gasteiger partial charge on any atom is -0.497 e. The van der Waals surface area contributed by atoms with Crippen molar-refractivity contribution in [3.63, 3.8) is 0 Å². The van der Waals surface area contributed by atoms with E-state index < -0.39 is 0 Å². The molecule has 2 N–H and O–H groups in total. The summed E-state index contributed by atoms with van der Waals surface area (Å²) in [5, 5.41) is 0. The predicted octanol–water partition coefficient (Wildman–Crippen LogP) is 3.38. The average molecular weight is 229 g/mol. The molecule has 0 radical (unpaired) electrons. The number of aryl methyl sites for hydroxylation is 1. The summed E-state index contributed by atoms with van der Waals surface area (Å²) in [6.07, 6.45) is 0. The van der Waals surface area contributed by atoms with Gasteiger partial charge in [-0.1, -0.05) is 12.1 Å². The molecule has 0 heterocycles. The Kier molecular flexibility index (Phi) is 3.19. The highest BCUT2D eigenvalue weighted by Gasteiger charge is 2.03. The Morgan fingerprint density at radius 3 is 2.47 bits per heavy atom. The van der Waals surface area contributed by atoms with Gasteiger partial charge in [-0.2, -0.15) is 0 Å². The molecule has 0 aliphatic carbocycles. The van der Waals surface area contributed by atoms with Gasteiger partial charge in [0.25, 0.3) is 0 Å². The minimum atomic E-state index is 0.561. The lowest BCUT2D eigenvalue weighted by Gasteiger charge is -2.10. The van der Waals surface area contributed by atoms with Gasteiger partial charge in [0.15, 0.2) is 5.75 Å². The quantitative estimate of drug-likeness (QED) is 0.820. The van der Waals surface area contributed by atoms with Crippen LogP contribution in [0.15, 0.2) is 42.5 Å². The van der Waals surface area contributed by atoms with Crippen LogP contribution < -0.4 is 15.2 Å². The van der Waals surface area contributed by atoms with Crippen molar-refractivity contribution < 1.29 is 9.47 Å². The molecule has 17 heavy (non-hydrogen) atoms. The molecule has 0 aliphatic heterocycles. The maximum atomic E-state index is 5.88. The van der Waals surface area contributed by atoms with Crippen LogP contribution in [0.5, 0.6) is 17.2 Å². The summed E-state index contributed by atoms with van der Waals surface area (Å²) in [6, 6.07) is 13.2. The number of methoxy groups -OCH3 is 1. The lowest BCUT2D eigenvalue weighted by molar-refractivity contribution is 0.413. The largest absolute Gasteiger partial charge is 0.497 e. The van der Waals surface area contributed by atoms with Crippen LogP contribution in [-0.4, -0.2) is 7.11 Å². The van der Waals surface area contributed by atoms with E-state index in [4.69, 9.17) is 15.2 Å². The molecule has 2 aromatic rings. The van der Waals surface area contributed by atoms with Crippen molar-refractivity contribution in [2.45, 2.75) is 6.92 Å². The molecule has 0 saturated heterocycles. The Bertz CT molecular complexity index is 523. The summed E-state index contributed by atoms with van der Waals surface area (Å²) < 4.78 is 10.8. The Morgan fingerprint density at radius 2 is 1.82 bits per heavy atom. The summed E-state index contributed by atoms with van der Waals surface area (Å²) in [7, 11) is 1.61. The second kappa shape index (κ2) is 4.78. The fourth-order valence-electron chi connectivity index (χ4n) is 1.55. The first-order valence-corrected chi connectivity index (χ1v) is 5.37. The molecule has 0 bridgehead atoms. The van der Waals surface area contributed by atoms with Crippen molar-refractivity contribution in [3.05, 3.63) is 48.0 Å². The topological polar surface area (TPSA) is 44.5 Å². The molecular formula is C14H15NO2. The molecule has 3 nitrogen and oxygen atoms in total. The first-order valence-electron chi connectivity index (χ1n) is 5.37. The van der Waals surface area contributed by atoms with E-state index in [0.29, 0.717) is 11.4 Å². The first kappa shape index (κ1) is 11.3. The van der Waals surface area contributed by atoms with E-state index in [0.717, 1.165) is 17.1 Å². The van der Waals surface area contributed by atoms with Gasteiger partial charge in [-0.05, 0) is 36.8 Å². The van der Waals surface area contributed by atoms with E-state index in [1.165, 1.54) is 0 Å². The van der Waals surface area contributed by atoms with Gasteiger partial charge in [0.1, 0.15) is 11.5 Å². The van der Waals surface area contributed by atoms with Crippen molar-refractivity contribution in [3.8, 4) is 17.2 Å². The van der Waals surface area contributed by atoms with Crippen molar-refractivity contribution in [1.82, 2.24) is 0 Å². The van der Waals surface area contributed by atoms with Crippen LogP contribution >= 0.6 is 0 Å². The maximum absolute atomic E-state index is 5.88. The summed E-state index contributed by atoms with van der Waals surface area (Å²) >= 11 is 0. The van der Waals surface area contributed by atoms with Crippen LogP contribution in [0.2, 0.25) is 0 Å². The SMILES string of the molecule is COc1ccc(Oc2cccc(C)c2)c(N)c1. The molecule has 0 saturated carbocycles. The van der Waals surface area contributed by atoms with Gasteiger partial charge in [0, 0.05) is 6.07 Å². The van der Waals surface area contributed by atoms with Gasteiger partial charge in [-0.15, -0.1) is 0 Å². The van der Waals surface area contributed by atoms with Gasteiger partial charge < -0.3 is 15.2 Å². The second-order valence-corrected chi connectivity index (χ2v) is 3.82. The van der Waals surface area contributed by atoms with E-state index in [-0.39, 0.29) is 0 Å². The van der Waals surface area contributed by atoms with Crippen molar-refractivity contribution in [2.24, 2.45) is 0 Å². The van der Waals surface area contributed by atoms with Gasteiger partial charge in [0.05, 0.1) is 12.8 Å². The molecule has 2 rings (SSSR count). The van der Waals surface area contributed by atoms with Crippen LogP contribution in [0, 0.1) is 6.92 Å². The van der Waals surface area contributed by atoms with E-state index in [9.17, 15) is 0 Å². The van der Waals surface area contributed by atoms with Gasteiger partial charge in [-0.3, -0.25) is 0 Å². The van der Waals surface area contributed by atoms with Gasteiger partial charge in [-0.25, -0.2) is 0 Å². The lowest BCUT2D eigenvalue weighted by atomic mass is 10.2. The maximum Gasteiger partial charge on any atom is 0.150 e. The molecule has 0 amide bonds. The molecule has 0 aliphatic rings. The number of anilines is 1. The van der Waals surface area contributed by atoms with E-state index in [1.807, 2.05) is 37.3 Å². The van der Waals surface area contributed by atoms with Crippen molar-refractivity contribution in [2.75, 3.05) is 12.8 Å². The first-order chi connectivity index (χ1) is 8.19. The normalized spacial score (nSPS) is 10.0. The molecular weight excluding hydrogens is 214 g/mol. The third-order valence-electron chi connectivity index (χ3n) is 2.43. The van der Waals surface area contributed by atoms with Crippen LogP contribution in [0.4, 0.5) is 5.69 Å². The monoisotopic (exact) mass is 229 g/mol. The highest BCUT2D eigenvalue weighted by molar-refractivity contribution is 5.57. The zero-order valence-corrected chi connectivity index (χ0v) is 9.94. The molecule has 0 fully saturated rings. The Morgan fingerprint density at radius 1 is 1.00 bits per heavy atom. The minimum absolute atomic E-state index is 0.561. The van der Waals surface area contributed by atoms with Crippen LogP contribution in [0.25, 0.3) is 0 Å². The highest BCUT2D eigenvalue weighted by atomic mass is 16.5. The number of benzene rings is 2. The zero-order valence-electron chi connectivity index (χ0n) is 9.94. The van der Waals surface area contributed by atoms with E-state index in [1.54, 1.807) is 19.2 Å². The second-order valence-electron chi connectivity index (χ2n) is 3.82. The summed E-state index contributed by atoms with van der Waals surface area (Å²) in [5.41, 5.74) is 7.59. The van der Waals surface area contributed by atoms with Crippen LogP contribution in [0.3, 0.4) is 0 Å². The zero-order chi connectivity index (χ0) is 12.3. The highest BCUT2D eigenvalue weighted by Crippen LogP contribution is 2.30. The Balaban J connectivity index is 2.24. The fraction of sp³-hybridized carbons (Fsp3) is 0.143. The number of nitrogens with two attached hydrogens (primary N) is 1. The average Bonchev–Trinajstić information content (AvgIpc) is 2.32. The van der Waals surface area contributed by atoms with Crippen molar-refractivity contribution in [1.29, 1.82) is 0 Å². The Hall–Kier alpha value is -2.16. The number of hydrogen-bond acceptors (Lipinski definition) is 3. The van der Waals surface area contributed by atoms with E-state index in [2.05, 4.69) is 0 Å². The molecule has 0 aromatic heterocycles. The van der Waals surface area contributed by atoms with E-state index >= 15 is 0 Å². The number of ether oxygens (including phenoxy) is 2. The van der Waals surface area contributed by atoms with Gasteiger partial charge in [0.2, 0.25) is 0 Å². The molecule has 0 spiro atoms. The third kappa shape index (κ3) is 2.69. The number of rotatable bonds is 3. The van der Waals surface area contributed by atoms with Crippen molar-refractivity contribution >= 4 is 5.69 Å². The smallest absolute Gasteiger partial charge is 0.150 e. The molecule has 0 unspecified atom stereocenters. The fourth-order valence-corrected chi connectivity index (χ4v) is 1.55. The Labute approximate surface area is 101 Å². The van der Waals surface area contributed by atoms with Crippen LogP contribution in [0.1, 0.15) is 5.56 Å². The lowest BCUT2D eigenvalue weighted by Crippen LogP contribution is -1.93. The van der Waals surface area contributed by atoms with Gasteiger partial charge >= 0.3 is 0 Å². The summed E-state index contributed by atoms with van der Waals surface area (Å²) in [4.78, 5) is 0. The van der Waals surface area contributed by atoms with Crippen LogP contribution in [-0.2, 0) is 0 Å².